The quantitative estimate of drug-likeness (QED) is 0.876. The Hall–Kier alpha value is -0.960. The van der Waals surface area contributed by atoms with Gasteiger partial charge in [0.05, 0.1) is 22.9 Å². The van der Waals surface area contributed by atoms with Crippen molar-refractivity contribution in [3.8, 4) is 0 Å². The smallest absolute Gasteiger partial charge is 0.120 e. The zero-order valence-electron chi connectivity index (χ0n) is 10.3. The average Bonchev–Trinajstić information content (AvgIpc) is 2.75. The first-order chi connectivity index (χ1) is 8.58. The van der Waals surface area contributed by atoms with Gasteiger partial charge in [-0.25, -0.2) is 0 Å². The van der Waals surface area contributed by atoms with Gasteiger partial charge in [0.2, 0.25) is 0 Å². The SMILES string of the molecule is Cc1ccoc1CNC(C)c1ccc(Cl)c(Cl)c1. The predicted octanol–water partition coefficient (Wildman–Crippen LogP) is 4.75. The molecule has 0 radical (unpaired) electrons. The van der Waals surface area contributed by atoms with E-state index in [0.29, 0.717) is 16.6 Å². The van der Waals surface area contributed by atoms with Crippen molar-refractivity contribution >= 4 is 23.2 Å². The normalized spacial score (nSPS) is 12.7. The molecular weight excluding hydrogens is 269 g/mol. The Morgan fingerprint density at radius 2 is 2.00 bits per heavy atom. The summed E-state index contributed by atoms with van der Waals surface area (Å²) in [7, 11) is 0. The Bertz CT molecular complexity index is 536. The highest BCUT2D eigenvalue weighted by atomic mass is 35.5. The first kappa shape index (κ1) is 13.5. The maximum Gasteiger partial charge on any atom is 0.120 e. The van der Waals surface area contributed by atoms with E-state index in [9.17, 15) is 0 Å². The van der Waals surface area contributed by atoms with E-state index in [1.54, 1.807) is 6.26 Å². The summed E-state index contributed by atoms with van der Waals surface area (Å²) in [5, 5.41) is 4.55. The summed E-state index contributed by atoms with van der Waals surface area (Å²) in [6.07, 6.45) is 1.70. The van der Waals surface area contributed by atoms with Gasteiger partial charge in [-0.05, 0) is 43.2 Å². The van der Waals surface area contributed by atoms with Crippen LogP contribution in [0.5, 0.6) is 0 Å². The van der Waals surface area contributed by atoms with Crippen LogP contribution in [0, 0.1) is 6.92 Å². The topological polar surface area (TPSA) is 25.2 Å². The van der Waals surface area contributed by atoms with Gasteiger partial charge >= 0.3 is 0 Å². The first-order valence-corrected chi connectivity index (χ1v) is 6.55. The molecule has 0 amide bonds. The maximum absolute atomic E-state index is 6.00. The number of aryl methyl sites for hydroxylation is 1. The van der Waals surface area contributed by atoms with Crippen LogP contribution in [-0.2, 0) is 6.54 Å². The van der Waals surface area contributed by atoms with Gasteiger partial charge < -0.3 is 9.73 Å². The maximum atomic E-state index is 6.00. The molecule has 2 aromatic rings. The van der Waals surface area contributed by atoms with Crippen LogP contribution in [0.1, 0.15) is 29.9 Å². The van der Waals surface area contributed by atoms with Crippen LogP contribution < -0.4 is 5.32 Å². The molecule has 1 atom stereocenters. The molecule has 2 nitrogen and oxygen atoms in total. The van der Waals surface area contributed by atoms with Crippen LogP contribution in [0.25, 0.3) is 0 Å². The summed E-state index contributed by atoms with van der Waals surface area (Å²) >= 11 is 11.9. The lowest BCUT2D eigenvalue weighted by atomic mass is 10.1. The van der Waals surface area contributed by atoms with Crippen LogP contribution in [-0.4, -0.2) is 0 Å². The Morgan fingerprint density at radius 3 is 2.61 bits per heavy atom. The predicted molar refractivity (Wildman–Crippen MR) is 75.2 cm³/mol. The first-order valence-electron chi connectivity index (χ1n) is 5.79. The molecule has 0 spiro atoms. The highest BCUT2D eigenvalue weighted by molar-refractivity contribution is 6.42. The zero-order valence-corrected chi connectivity index (χ0v) is 11.8. The minimum absolute atomic E-state index is 0.185. The van der Waals surface area contributed by atoms with Gasteiger partial charge in [-0.2, -0.15) is 0 Å². The molecular formula is C14H15Cl2NO. The molecule has 0 saturated heterocycles. The van der Waals surface area contributed by atoms with Crippen LogP contribution in [0.15, 0.2) is 34.9 Å². The van der Waals surface area contributed by atoms with E-state index >= 15 is 0 Å². The molecule has 0 aliphatic rings. The second-order valence-electron chi connectivity index (χ2n) is 4.30. The average molecular weight is 284 g/mol. The lowest BCUT2D eigenvalue weighted by Crippen LogP contribution is -2.18. The summed E-state index contributed by atoms with van der Waals surface area (Å²) < 4.78 is 5.38. The number of halogens is 2. The Morgan fingerprint density at radius 1 is 1.22 bits per heavy atom. The van der Waals surface area contributed by atoms with E-state index in [4.69, 9.17) is 27.6 Å². The molecule has 0 aliphatic heterocycles. The Kier molecular flexibility index (Phi) is 4.33. The number of hydrogen-bond donors (Lipinski definition) is 1. The van der Waals surface area contributed by atoms with Gasteiger partial charge in [0.1, 0.15) is 5.76 Å². The fraction of sp³-hybridized carbons (Fsp3) is 0.286. The molecule has 0 saturated carbocycles. The number of benzene rings is 1. The molecule has 0 aliphatic carbocycles. The van der Waals surface area contributed by atoms with Gasteiger partial charge in [0, 0.05) is 6.04 Å². The van der Waals surface area contributed by atoms with E-state index in [1.165, 1.54) is 0 Å². The van der Waals surface area contributed by atoms with E-state index in [0.717, 1.165) is 16.9 Å². The van der Waals surface area contributed by atoms with Gasteiger partial charge in [-0.1, -0.05) is 29.3 Å². The summed E-state index contributed by atoms with van der Waals surface area (Å²) in [6, 6.07) is 7.82. The van der Waals surface area contributed by atoms with Crippen molar-refractivity contribution in [2.45, 2.75) is 26.4 Å². The third-order valence-electron chi connectivity index (χ3n) is 2.98. The highest BCUT2D eigenvalue weighted by Crippen LogP contribution is 2.25. The Balaban J connectivity index is 2.01. The second-order valence-corrected chi connectivity index (χ2v) is 5.12. The number of nitrogens with one attached hydrogen (secondary N) is 1. The van der Waals surface area contributed by atoms with Crippen molar-refractivity contribution in [2.75, 3.05) is 0 Å². The number of hydrogen-bond acceptors (Lipinski definition) is 2. The fourth-order valence-electron chi connectivity index (χ4n) is 1.73. The van der Waals surface area contributed by atoms with Crippen molar-refractivity contribution in [1.29, 1.82) is 0 Å². The summed E-state index contributed by atoms with van der Waals surface area (Å²) in [5.41, 5.74) is 2.26. The lowest BCUT2D eigenvalue weighted by Gasteiger charge is -2.14. The van der Waals surface area contributed by atoms with Crippen molar-refractivity contribution < 1.29 is 4.42 Å². The number of rotatable bonds is 4. The van der Waals surface area contributed by atoms with Crippen LogP contribution in [0.4, 0.5) is 0 Å². The minimum atomic E-state index is 0.185. The molecule has 1 aromatic carbocycles. The van der Waals surface area contributed by atoms with E-state index in [2.05, 4.69) is 12.2 Å². The summed E-state index contributed by atoms with van der Waals surface area (Å²) in [4.78, 5) is 0. The van der Waals surface area contributed by atoms with Gasteiger partial charge in [0.15, 0.2) is 0 Å². The molecule has 2 rings (SSSR count). The third-order valence-corrected chi connectivity index (χ3v) is 3.72. The van der Waals surface area contributed by atoms with Crippen LogP contribution in [0.2, 0.25) is 10.0 Å². The Labute approximate surface area is 117 Å². The van der Waals surface area contributed by atoms with E-state index in [1.807, 2.05) is 31.2 Å². The van der Waals surface area contributed by atoms with Crippen molar-refractivity contribution in [3.05, 3.63) is 57.5 Å². The summed E-state index contributed by atoms with van der Waals surface area (Å²) in [6.45, 7) is 4.81. The third kappa shape index (κ3) is 3.08. The molecule has 1 N–H and O–H groups in total. The fourth-order valence-corrected chi connectivity index (χ4v) is 2.04. The van der Waals surface area contributed by atoms with E-state index < -0.39 is 0 Å². The van der Waals surface area contributed by atoms with Gasteiger partial charge in [-0.3, -0.25) is 0 Å². The van der Waals surface area contributed by atoms with Crippen molar-refractivity contribution in [3.63, 3.8) is 0 Å². The van der Waals surface area contributed by atoms with Crippen LogP contribution in [0.3, 0.4) is 0 Å². The highest BCUT2D eigenvalue weighted by Gasteiger charge is 2.09. The molecule has 1 aromatic heterocycles. The number of furan rings is 1. The molecule has 96 valence electrons. The molecule has 1 unspecified atom stereocenters. The molecule has 0 bridgehead atoms. The second kappa shape index (κ2) is 5.79. The molecule has 0 fully saturated rings. The molecule has 4 heteroatoms. The van der Waals surface area contributed by atoms with Gasteiger partial charge in [0.25, 0.3) is 0 Å². The molecule has 1 heterocycles. The van der Waals surface area contributed by atoms with Crippen molar-refractivity contribution in [2.24, 2.45) is 0 Å². The van der Waals surface area contributed by atoms with Crippen molar-refractivity contribution in [1.82, 2.24) is 5.32 Å². The van der Waals surface area contributed by atoms with Gasteiger partial charge in [-0.15, -0.1) is 0 Å². The summed E-state index contributed by atoms with van der Waals surface area (Å²) in [5.74, 6) is 0.960. The van der Waals surface area contributed by atoms with E-state index in [-0.39, 0.29) is 6.04 Å². The standard InChI is InChI=1S/C14H15Cl2NO/c1-9-5-6-18-14(9)8-17-10(2)11-3-4-12(15)13(16)7-11/h3-7,10,17H,8H2,1-2H3. The van der Waals surface area contributed by atoms with Crippen LogP contribution >= 0.6 is 23.2 Å². The monoisotopic (exact) mass is 283 g/mol. The minimum Gasteiger partial charge on any atom is -0.468 e. The largest absolute Gasteiger partial charge is 0.468 e. The zero-order chi connectivity index (χ0) is 13.1. The lowest BCUT2D eigenvalue weighted by molar-refractivity contribution is 0.458. The molecule has 18 heavy (non-hydrogen) atoms.